The molecule has 2 N–H and O–H groups in total. The topological polar surface area (TPSA) is 97.2 Å². The van der Waals surface area contributed by atoms with Gasteiger partial charge in [-0.15, -0.1) is 0 Å². The van der Waals surface area contributed by atoms with Crippen LogP contribution in [0.15, 0.2) is 5.16 Å². The van der Waals surface area contributed by atoms with Gasteiger partial charge in [-0.25, -0.2) is 4.79 Å². The first-order valence-corrected chi connectivity index (χ1v) is 6.68. The van der Waals surface area contributed by atoms with Gasteiger partial charge in [0.05, 0.1) is 0 Å². The molecule has 7 nitrogen and oxygen atoms in total. The number of carboxylic acids is 1. The maximum atomic E-state index is 12.4. The molecule has 2 rings (SSSR count). The van der Waals surface area contributed by atoms with E-state index in [4.69, 9.17) is 9.57 Å². The van der Waals surface area contributed by atoms with E-state index < -0.39 is 29.1 Å². The molecule has 0 saturated carbocycles. The van der Waals surface area contributed by atoms with Crippen LogP contribution in [0.3, 0.4) is 0 Å². The highest BCUT2D eigenvalue weighted by atomic mass is 16.7. The van der Waals surface area contributed by atoms with Crippen molar-refractivity contribution in [3.05, 3.63) is 0 Å². The monoisotopic (exact) mass is 284 g/mol. The summed E-state index contributed by atoms with van der Waals surface area (Å²) in [6.45, 7) is 6.42. The third-order valence-corrected chi connectivity index (χ3v) is 3.36. The van der Waals surface area contributed by atoms with Crippen LogP contribution in [-0.2, 0) is 19.2 Å². The summed E-state index contributed by atoms with van der Waals surface area (Å²) >= 11 is 0. The van der Waals surface area contributed by atoms with Gasteiger partial charge in [0.25, 0.3) is 0 Å². The van der Waals surface area contributed by atoms with Gasteiger partial charge in [-0.1, -0.05) is 5.16 Å². The van der Waals surface area contributed by atoms with Crippen molar-refractivity contribution in [2.45, 2.75) is 44.8 Å². The molecular formula is C13H20N2O5. The molecule has 0 aromatic rings. The third-order valence-electron chi connectivity index (χ3n) is 3.36. The number of oxime groups is 1. The summed E-state index contributed by atoms with van der Waals surface area (Å²) in [5, 5.41) is 16.0. The number of hydrogen-bond donors (Lipinski definition) is 2. The molecular weight excluding hydrogens is 264 g/mol. The first kappa shape index (κ1) is 14.8. The highest BCUT2D eigenvalue weighted by molar-refractivity contribution is 6.40. The number of ether oxygens (including phenoxy) is 1. The molecule has 2 aliphatic heterocycles. The van der Waals surface area contributed by atoms with E-state index in [0.717, 1.165) is 13.0 Å². The molecule has 2 heterocycles. The first-order valence-electron chi connectivity index (χ1n) is 6.68. The molecule has 2 unspecified atom stereocenters. The Balaban J connectivity index is 2.28. The molecule has 0 amide bonds. The molecule has 1 saturated heterocycles. The molecule has 0 aromatic heterocycles. The fourth-order valence-corrected chi connectivity index (χ4v) is 2.57. The number of rotatable bonds is 2. The van der Waals surface area contributed by atoms with Crippen molar-refractivity contribution in [3.8, 4) is 0 Å². The van der Waals surface area contributed by atoms with E-state index in [2.05, 4.69) is 10.5 Å². The lowest BCUT2D eigenvalue weighted by atomic mass is 9.79. The minimum Gasteiger partial charge on any atom is -0.477 e. The van der Waals surface area contributed by atoms with Crippen LogP contribution >= 0.6 is 0 Å². The van der Waals surface area contributed by atoms with Gasteiger partial charge in [0.2, 0.25) is 0 Å². The number of nitrogens with zero attached hydrogens (tertiary/aromatic N) is 1. The summed E-state index contributed by atoms with van der Waals surface area (Å²) in [6.07, 6.45) is 1.37. The molecule has 2 aliphatic rings. The van der Waals surface area contributed by atoms with E-state index >= 15 is 0 Å². The van der Waals surface area contributed by atoms with Crippen LogP contribution in [0.1, 0.15) is 33.6 Å². The molecule has 2 atom stereocenters. The quantitative estimate of drug-likeness (QED) is 0.718. The van der Waals surface area contributed by atoms with Crippen LogP contribution in [-0.4, -0.2) is 47.0 Å². The fraction of sp³-hybridized carbons (Fsp3) is 0.769. The second kappa shape index (κ2) is 5.05. The molecule has 0 radical (unpaired) electrons. The Bertz CT molecular complexity index is 446. The van der Waals surface area contributed by atoms with Crippen LogP contribution in [0.4, 0.5) is 0 Å². The summed E-state index contributed by atoms with van der Waals surface area (Å²) in [4.78, 5) is 29.0. The molecule has 0 aromatic carbocycles. The van der Waals surface area contributed by atoms with Crippen LogP contribution < -0.4 is 5.32 Å². The molecule has 7 heteroatoms. The number of hydrogen-bond acceptors (Lipinski definition) is 6. The number of aliphatic carboxylic acids is 1. The van der Waals surface area contributed by atoms with Gasteiger partial charge in [-0.3, -0.25) is 4.79 Å². The van der Waals surface area contributed by atoms with Crippen molar-refractivity contribution in [3.63, 3.8) is 0 Å². The molecule has 112 valence electrons. The summed E-state index contributed by atoms with van der Waals surface area (Å²) in [5.41, 5.74) is -1.90. The van der Waals surface area contributed by atoms with Gasteiger partial charge in [0.1, 0.15) is 5.60 Å². The van der Waals surface area contributed by atoms with Crippen LogP contribution in [0, 0.1) is 5.92 Å². The lowest BCUT2D eigenvalue weighted by molar-refractivity contribution is -0.167. The normalized spacial score (nSPS) is 29.8. The van der Waals surface area contributed by atoms with E-state index in [0.29, 0.717) is 13.0 Å². The van der Waals surface area contributed by atoms with Gasteiger partial charge in [-0.2, -0.15) is 0 Å². The van der Waals surface area contributed by atoms with Crippen molar-refractivity contribution in [2.75, 3.05) is 13.1 Å². The van der Waals surface area contributed by atoms with Crippen LogP contribution in [0.2, 0.25) is 0 Å². The standard InChI is InChI=1S/C13H20N2O5/c1-12(2,3)19-11(18)8-9(10(16)17)15-20-13(8)5-4-6-14-7-13/h8,14H,4-7H2,1-3H3,(H,16,17). The minimum atomic E-state index is -1.25. The fourth-order valence-electron chi connectivity index (χ4n) is 2.57. The summed E-state index contributed by atoms with van der Waals surface area (Å²) in [6, 6.07) is 0. The Morgan fingerprint density at radius 1 is 1.50 bits per heavy atom. The summed E-state index contributed by atoms with van der Waals surface area (Å²) < 4.78 is 5.34. The molecule has 1 spiro atoms. The maximum absolute atomic E-state index is 12.4. The van der Waals surface area contributed by atoms with E-state index in [1.165, 1.54) is 0 Å². The minimum absolute atomic E-state index is 0.275. The second-order valence-corrected chi connectivity index (χ2v) is 6.18. The lowest BCUT2D eigenvalue weighted by Crippen LogP contribution is -2.55. The Labute approximate surface area is 117 Å². The first-order chi connectivity index (χ1) is 9.25. The second-order valence-electron chi connectivity index (χ2n) is 6.18. The zero-order chi connectivity index (χ0) is 15.0. The molecule has 0 bridgehead atoms. The number of nitrogens with one attached hydrogen (secondary N) is 1. The van der Waals surface area contributed by atoms with Gasteiger partial charge in [0.15, 0.2) is 17.2 Å². The number of carbonyl (C=O) groups is 2. The molecule has 0 aliphatic carbocycles. The van der Waals surface area contributed by atoms with Crippen molar-refractivity contribution in [1.82, 2.24) is 5.32 Å². The molecule has 20 heavy (non-hydrogen) atoms. The summed E-state index contributed by atoms with van der Waals surface area (Å²) in [7, 11) is 0. The zero-order valence-corrected chi connectivity index (χ0v) is 11.9. The predicted molar refractivity (Wildman–Crippen MR) is 70.3 cm³/mol. The van der Waals surface area contributed by atoms with Crippen LogP contribution in [0.5, 0.6) is 0 Å². The largest absolute Gasteiger partial charge is 0.477 e. The van der Waals surface area contributed by atoms with Crippen molar-refractivity contribution in [1.29, 1.82) is 0 Å². The molecule has 1 fully saturated rings. The highest BCUT2D eigenvalue weighted by Crippen LogP contribution is 2.37. The van der Waals surface area contributed by atoms with Gasteiger partial charge < -0.3 is 20.0 Å². The average Bonchev–Trinajstić information content (AvgIpc) is 2.67. The third kappa shape index (κ3) is 2.77. The Kier molecular flexibility index (Phi) is 3.73. The smallest absolute Gasteiger partial charge is 0.354 e. The van der Waals surface area contributed by atoms with Gasteiger partial charge in [-0.05, 0) is 40.2 Å². The van der Waals surface area contributed by atoms with Crippen LogP contribution in [0.25, 0.3) is 0 Å². The SMILES string of the molecule is CC(C)(C)OC(=O)C1C(C(=O)O)=NOC12CCCNC2. The average molecular weight is 284 g/mol. The number of esters is 1. The van der Waals surface area contributed by atoms with Crippen molar-refractivity contribution >= 4 is 17.7 Å². The zero-order valence-electron chi connectivity index (χ0n) is 11.9. The van der Waals surface area contributed by atoms with Gasteiger partial charge >= 0.3 is 11.9 Å². The van der Waals surface area contributed by atoms with E-state index in [9.17, 15) is 14.7 Å². The maximum Gasteiger partial charge on any atom is 0.354 e. The number of piperidine rings is 1. The lowest BCUT2D eigenvalue weighted by Gasteiger charge is -2.36. The highest BCUT2D eigenvalue weighted by Gasteiger charge is 2.56. The van der Waals surface area contributed by atoms with E-state index in [1.54, 1.807) is 20.8 Å². The Hall–Kier alpha value is -1.63. The predicted octanol–water partition coefficient (Wildman–Crippen LogP) is 0.537. The van der Waals surface area contributed by atoms with Crippen molar-refractivity contribution in [2.24, 2.45) is 11.1 Å². The number of carboxylic acid groups (broad SMARTS) is 1. The van der Waals surface area contributed by atoms with Crippen molar-refractivity contribution < 1.29 is 24.3 Å². The summed E-state index contributed by atoms with van der Waals surface area (Å²) in [5.74, 6) is -2.84. The Morgan fingerprint density at radius 2 is 2.20 bits per heavy atom. The Morgan fingerprint density at radius 3 is 2.70 bits per heavy atom. The number of carbonyl (C=O) groups excluding carboxylic acids is 1. The van der Waals surface area contributed by atoms with E-state index in [1.807, 2.05) is 0 Å². The van der Waals surface area contributed by atoms with E-state index in [-0.39, 0.29) is 5.71 Å². The van der Waals surface area contributed by atoms with Gasteiger partial charge in [0, 0.05) is 6.54 Å².